The maximum Gasteiger partial charge on any atom is 0.240 e. The lowest BCUT2D eigenvalue weighted by atomic mass is 9.87. The van der Waals surface area contributed by atoms with Crippen LogP contribution in [-0.4, -0.2) is 36.0 Å². The third-order valence-electron chi connectivity index (χ3n) is 4.39. The summed E-state index contributed by atoms with van der Waals surface area (Å²) in [7, 11) is 1.87. The van der Waals surface area contributed by atoms with E-state index in [0.717, 1.165) is 25.7 Å². The van der Waals surface area contributed by atoms with Crippen molar-refractivity contribution in [2.45, 2.75) is 50.7 Å². The Bertz CT molecular complexity index is 424. The highest BCUT2D eigenvalue weighted by Gasteiger charge is 2.39. The fourth-order valence-electron chi connectivity index (χ4n) is 3.43. The summed E-state index contributed by atoms with van der Waals surface area (Å²) in [5, 5.41) is 3.15. The van der Waals surface area contributed by atoms with Crippen LogP contribution < -0.4 is 5.32 Å². The number of carbonyl (C=O) groups is 1. The van der Waals surface area contributed by atoms with Gasteiger partial charge in [0.2, 0.25) is 5.91 Å². The van der Waals surface area contributed by atoms with E-state index in [0.29, 0.717) is 0 Å². The van der Waals surface area contributed by atoms with Crippen LogP contribution in [0.4, 0.5) is 0 Å². The van der Waals surface area contributed by atoms with Gasteiger partial charge in [-0.2, -0.15) is 0 Å². The second-order valence-electron chi connectivity index (χ2n) is 5.48. The molecule has 0 aromatic carbocycles. The lowest BCUT2D eigenvalue weighted by Gasteiger charge is -2.42. The molecule has 1 saturated heterocycles. The second-order valence-corrected chi connectivity index (χ2v) is 5.48. The van der Waals surface area contributed by atoms with Crippen LogP contribution in [-0.2, 0) is 4.79 Å². The topological polar surface area (TPSA) is 32.3 Å². The number of fused-ring (bicyclic) bond motifs is 1. The molecule has 0 bridgehead atoms. The number of hydrogen-bond acceptors (Lipinski definition) is 2. The van der Waals surface area contributed by atoms with Gasteiger partial charge in [0.25, 0.3) is 0 Å². The molecule has 2 unspecified atom stereocenters. The van der Waals surface area contributed by atoms with Crippen molar-refractivity contribution >= 4 is 5.91 Å². The number of carbonyl (C=O) groups excluding carboxylic acids is 1. The Morgan fingerprint density at radius 1 is 1.32 bits per heavy atom. The molecule has 0 aliphatic carbocycles. The SMILES string of the molecule is C=CC1=C(C=C)C2CCC[C@@H](NC)C(=O)N2C(C)C1. The molecule has 2 aliphatic heterocycles. The summed E-state index contributed by atoms with van der Waals surface area (Å²) in [4.78, 5) is 14.7. The summed E-state index contributed by atoms with van der Waals surface area (Å²) in [6.45, 7) is 9.97. The summed E-state index contributed by atoms with van der Waals surface area (Å²) in [6, 6.07) is 0.382. The second kappa shape index (κ2) is 5.74. The van der Waals surface area contributed by atoms with Crippen molar-refractivity contribution in [1.29, 1.82) is 0 Å². The monoisotopic (exact) mass is 260 g/mol. The van der Waals surface area contributed by atoms with Crippen LogP contribution in [0.15, 0.2) is 36.5 Å². The summed E-state index contributed by atoms with van der Waals surface area (Å²) in [5.74, 6) is 0.236. The summed E-state index contributed by atoms with van der Waals surface area (Å²) >= 11 is 0. The van der Waals surface area contributed by atoms with E-state index in [9.17, 15) is 4.79 Å². The average Bonchev–Trinajstić information content (AvgIpc) is 2.58. The van der Waals surface area contributed by atoms with Gasteiger partial charge in [0, 0.05) is 6.04 Å². The maximum absolute atomic E-state index is 12.7. The predicted octanol–water partition coefficient (Wildman–Crippen LogP) is 2.42. The summed E-state index contributed by atoms with van der Waals surface area (Å²) in [6.07, 6.45) is 7.72. The molecule has 0 spiro atoms. The van der Waals surface area contributed by atoms with E-state index in [1.54, 1.807) is 0 Å². The van der Waals surface area contributed by atoms with Gasteiger partial charge in [-0.3, -0.25) is 4.79 Å². The molecule has 3 heteroatoms. The molecule has 0 aromatic heterocycles. The van der Waals surface area contributed by atoms with Crippen LogP contribution in [0.25, 0.3) is 0 Å². The first-order valence-corrected chi connectivity index (χ1v) is 7.11. The molecule has 0 saturated carbocycles. The molecular weight excluding hydrogens is 236 g/mol. The molecule has 1 amide bonds. The van der Waals surface area contributed by atoms with Gasteiger partial charge in [-0.1, -0.05) is 25.3 Å². The lowest BCUT2D eigenvalue weighted by Crippen LogP contribution is -2.53. The molecule has 0 aromatic rings. The van der Waals surface area contributed by atoms with Gasteiger partial charge in [-0.25, -0.2) is 0 Å². The third-order valence-corrected chi connectivity index (χ3v) is 4.39. The zero-order valence-electron chi connectivity index (χ0n) is 12.0. The van der Waals surface area contributed by atoms with E-state index < -0.39 is 0 Å². The Balaban J connectivity index is 2.42. The van der Waals surface area contributed by atoms with Crippen LogP contribution in [0.2, 0.25) is 0 Å². The summed E-state index contributed by atoms with van der Waals surface area (Å²) < 4.78 is 0. The van der Waals surface area contributed by atoms with Gasteiger partial charge in [0.1, 0.15) is 0 Å². The number of amides is 1. The largest absolute Gasteiger partial charge is 0.331 e. The Kier molecular flexibility index (Phi) is 4.25. The third kappa shape index (κ3) is 2.39. The molecule has 3 nitrogen and oxygen atoms in total. The molecule has 1 fully saturated rings. The molecule has 1 N–H and O–H groups in total. The first-order valence-electron chi connectivity index (χ1n) is 7.11. The minimum absolute atomic E-state index is 0.0382. The van der Waals surface area contributed by atoms with Crippen molar-refractivity contribution in [2.24, 2.45) is 0 Å². The van der Waals surface area contributed by atoms with Gasteiger partial charge in [-0.05, 0) is 50.8 Å². The molecular formula is C16H24N2O. The zero-order valence-corrected chi connectivity index (χ0v) is 12.0. The van der Waals surface area contributed by atoms with Crippen molar-refractivity contribution in [3.05, 3.63) is 36.5 Å². The van der Waals surface area contributed by atoms with Gasteiger partial charge in [-0.15, -0.1) is 0 Å². The lowest BCUT2D eigenvalue weighted by molar-refractivity contribution is -0.136. The van der Waals surface area contributed by atoms with Crippen molar-refractivity contribution in [3.8, 4) is 0 Å². The zero-order chi connectivity index (χ0) is 14.0. The number of likely N-dealkylation sites (N-methyl/N-ethyl adjacent to an activating group) is 1. The first kappa shape index (κ1) is 14.1. The highest BCUT2D eigenvalue weighted by molar-refractivity contribution is 5.83. The Labute approximate surface area is 116 Å². The van der Waals surface area contributed by atoms with Crippen molar-refractivity contribution < 1.29 is 4.79 Å². The molecule has 3 atom stereocenters. The number of nitrogens with zero attached hydrogens (tertiary/aromatic N) is 1. The van der Waals surface area contributed by atoms with E-state index in [2.05, 4.69) is 30.3 Å². The van der Waals surface area contributed by atoms with E-state index in [1.165, 1.54) is 11.1 Å². The Morgan fingerprint density at radius 2 is 2.05 bits per heavy atom. The molecule has 104 valence electrons. The van der Waals surface area contributed by atoms with Crippen LogP contribution in [0.5, 0.6) is 0 Å². The van der Waals surface area contributed by atoms with Gasteiger partial charge < -0.3 is 10.2 Å². The van der Waals surface area contributed by atoms with Crippen molar-refractivity contribution in [1.82, 2.24) is 10.2 Å². The van der Waals surface area contributed by atoms with Crippen molar-refractivity contribution in [2.75, 3.05) is 7.05 Å². The van der Waals surface area contributed by atoms with Crippen LogP contribution in [0.1, 0.15) is 32.6 Å². The van der Waals surface area contributed by atoms with Crippen LogP contribution in [0.3, 0.4) is 0 Å². The van der Waals surface area contributed by atoms with Gasteiger partial charge in [0.05, 0.1) is 12.1 Å². The smallest absolute Gasteiger partial charge is 0.240 e. The first-order chi connectivity index (χ1) is 9.13. The van der Waals surface area contributed by atoms with E-state index in [4.69, 9.17) is 0 Å². The number of hydrogen-bond donors (Lipinski definition) is 1. The van der Waals surface area contributed by atoms with Crippen LogP contribution >= 0.6 is 0 Å². The predicted molar refractivity (Wildman–Crippen MR) is 78.8 cm³/mol. The van der Waals surface area contributed by atoms with E-state index >= 15 is 0 Å². The standard InChI is InChI=1S/C16H24N2O/c1-5-12-10-11(3)18-15(13(12)6-2)9-7-8-14(17-4)16(18)19/h5-6,11,14-15,17H,1-2,7-10H2,3-4H3/t11?,14-,15?/m1/s1. The summed E-state index contributed by atoms with van der Waals surface area (Å²) in [5.41, 5.74) is 2.44. The van der Waals surface area contributed by atoms with E-state index in [1.807, 2.05) is 19.2 Å². The molecule has 2 aliphatic rings. The Morgan fingerprint density at radius 3 is 2.63 bits per heavy atom. The average molecular weight is 260 g/mol. The fourth-order valence-corrected chi connectivity index (χ4v) is 3.43. The minimum Gasteiger partial charge on any atom is -0.331 e. The van der Waals surface area contributed by atoms with E-state index in [-0.39, 0.29) is 24.0 Å². The molecule has 0 radical (unpaired) electrons. The Hall–Kier alpha value is -1.35. The normalized spacial score (nSPS) is 31.8. The number of allylic oxidation sites excluding steroid dienone is 1. The maximum atomic E-state index is 12.7. The number of nitrogens with one attached hydrogen (secondary N) is 1. The molecule has 2 heterocycles. The minimum atomic E-state index is -0.0382. The number of rotatable bonds is 3. The van der Waals surface area contributed by atoms with Crippen LogP contribution in [0, 0.1) is 0 Å². The highest BCUT2D eigenvalue weighted by atomic mass is 16.2. The quantitative estimate of drug-likeness (QED) is 0.845. The molecule has 19 heavy (non-hydrogen) atoms. The fraction of sp³-hybridized carbons (Fsp3) is 0.562. The highest BCUT2D eigenvalue weighted by Crippen LogP contribution is 2.35. The molecule has 2 rings (SSSR count). The van der Waals surface area contributed by atoms with Crippen molar-refractivity contribution in [3.63, 3.8) is 0 Å². The van der Waals surface area contributed by atoms with Gasteiger partial charge >= 0.3 is 0 Å². The van der Waals surface area contributed by atoms with Gasteiger partial charge in [0.15, 0.2) is 0 Å².